The lowest BCUT2D eigenvalue weighted by atomic mass is 9.97. The van der Waals surface area contributed by atoms with E-state index in [4.69, 9.17) is 14.2 Å². The van der Waals surface area contributed by atoms with E-state index < -0.39 is 5.60 Å². The number of hydrogen-bond acceptors (Lipinski definition) is 6. The van der Waals surface area contributed by atoms with Crippen LogP contribution in [0.5, 0.6) is 17.2 Å². The van der Waals surface area contributed by atoms with Gasteiger partial charge in [0.2, 0.25) is 0 Å². The number of carbonyl (C=O) groups excluding carboxylic acids is 1. The molecule has 2 aromatic rings. The molecule has 0 amide bonds. The number of methoxy groups -OCH3 is 1. The molecule has 0 saturated carbocycles. The summed E-state index contributed by atoms with van der Waals surface area (Å²) in [6.07, 6.45) is 4.73. The Morgan fingerprint density at radius 3 is 2.57 bits per heavy atom. The van der Waals surface area contributed by atoms with Gasteiger partial charge in [-0.3, -0.25) is 4.79 Å². The predicted molar refractivity (Wildman–Crippen MR) is 114 cm³/mol. The Morgan fingerprint density at radius 2 is 1.87 bits per heavy atom. The second-order valence-corrected chi connectivity index (χ2v) is 7.72. The minimum Gasteiger partial charge on any atom is -0.495 e. The third-order valence-electron chi connectivity index (χ3n) is 5.02. The second kappa shape index (κ2) is 9.32. The van der Waals surface area contributed by atoms with Gasteiger partial charge in [-0.1, -0.05) is 6.07 Å². The number of ether oxygens (including phenoxy) is 3. The predicted octanol–water partition coefficient (Wildman–Crippen LogP) is 3.91. The zero-order valence-electron chi connectivity index (χ0n) is 17.6. The number of aliphatic hydroxyl groups excluding tert-OH is 2. The molecule has 6 nitrogen and oxygen atoms in total. The molecule has 30 heavy (non-hydrogen) atoms. The third kappa shape index (κ3) is 4.83. The Labute approximate surface area is 176 Å². The molecule has 0 spiro atoms. The summed E-state index contributed by atoms with van der Waals surface area (Å²) in [5.74, 6) is 1.80. The van der Waals surface area contributed by atoms with E-state index >= 15 is 0 Å². The Balaban J connectivity index is 1.62. The number of benzene rings is 2. The monoisotopic (exact) mass is 412 g/mol. The van der Waals surface area contributed by atoms with Gasteiger partial charge < -0.3 is 24.4 Å². The van der Waals surface area contributed by atoms with Crippen LogP contribution in [-0.4, -0.2) is 35.3 Å². The van der Waals surface area contributed by atoms with E-state index in [9.17, 15) is 15.0 Å². The molecule has 0 saturated heterocycles. The van der Waals surface area contributed by atoms with Gasteiger partial charge in [-0.15, -0.1) is 0 Å². The summed E-state index contributed by atoms with van der Waals surface area (Å²) in [5, 5.41) is 18.6. The van der Waals surface area contributed by atoms with Crippen LogP contribution >= 0.6 is 0 Å². The Morgan fingerprint density at radius 1 is 1.10 bits per heavy atom. The van der Waals surface area contributed by atoms with Gasteiger partial charge in [-0.25, -0.2) is 0 Å². The summed E-state index contributed by atoms with van der Waals surface area (Å²) in [6.45, 7) is 4.00. The number of carbonyl (C=O) groups is 1. The van der Waals surface area contributed by atoms with E-state index in [-0.39, 0.29) is 19.0 Å². The van der Waals surface area contributed by atoms with Crippen molar-refractivity contribution < 1.29 is 29.2 Å². The molecule has 2 N–H and O–H groups in total. The first-order valence-corrected chi connectivity index (χ1v) is 9.97. The average molecular weight is 412 g/mol. The van der Waals surface area contributed by atoms with E-state index in [0.29, 0.717) is 53.4 Å². The maximum atomic E-state index is 12.8. The molecular formula is C24H28O6. The van der Waals surface area contributed by atoms with Gasteiger partial charge in [-0.05, 0) is 67.8 Å². The summed E-state index contributed by atoms with van der Waals surface area (Å²) in [6, 6.07) is 8.73. The molecule has 0 aromatic heterocycles. The number of ketones is 1. The largest absolute Gasteiger partial charge is 0.495 e. The molecule has 0 atom stereocenters. The molecule has 0 radical (unpaired) electrons. The van der Waals surface area contributed by atoms with Gasteiger partial charge in [0.1, 0.15) is 22.8 Å². The molecule has 0 unspecified atom stereocenters. The van der Waals surface area contributed by atoms with E-state index in [1.807, 2.05) is 32.1 Å². The normalized spacial score (nSPS) is 14.0. The molecule has 0 bridgehead atoms. The van der Waals surface area contributed by atoms with E-state index in [1.165, 1.54) is 0 Å². The van der Waals surface area contributed by atoms with Crippen molar-refractivity contribution in [3.63, 3.8) is 0 Å². The van der Waals surface area contributed by atoms with Gasteiger partial charge >= 0.3 is 0 Å². The number of hydrogen-bond donors (Lipinski definition) is 2. The fourth-order valence-corrected chi connectivity index (χ4v) is 3.42. The number of rotatable bonds is 9. The zero-order valence-corrected chi connectivity index (χ0v) is 17.6. The van der Waals surface area contributed by atoms with Crippen molar-refractivity contribution in [2.45, 2.75) is 45.5 Å². The van der Waals surface area contributed by atoms with Crippen LogP contribution in [-0.2, 0) is 13.2 Å². The fourth-order valence-electron chi connectivity index (χ4n) is 3.42. The SMILES string of the molecule is COc1c(C(=O)CCCOc2ccc(CO)c(CO)c2)ccc2c1C=CC(C)(C)O2. The van der Waals surface area contributed by atoms with Crippen molar-refractivity contribution in [2.24, 2.45) is 0 Å². The highest BCUT2D eigenvalue weighted by Gasteiger charge is 2.26. The Bertz CT molecular complexity index is 945. The van der Waals surface area contributed by atoms with Gasteiger partial charge in [0, 0.05) is 6.42 Å². The van der Waals surface area contributed by atoms with Crippen LogP contribution in [0.2, 0.25) is 0 Å². The molecule has 0 aliphatic carbocycles. The molecule has 2 aromatic carbocycles. The standard InChI is InChI=1S/C24H28O6/c1-24(2)11-10-20-22(30-24)9-8-19(23(20)28-3)21(27)5-4-12-29-18-7-6-16(14-25)17(13-18)15-26/h6-11,13,25-26H,4-5,12,14-15H2,1-3H3. The van der Waals surface area contributed by atoms with Gasteiger partial charge in [0.15, 0.2) is 5.78 Å². The molecule has 6 heteroatoms. The minimum absolute atomic E-state index is 0.0249. The quantitative estimate of drug-likeness (QED) is 0.480. The lowest BCUT2D eigenvalue weighted by Crippen LogP contribution is -2.27. The summed E-state index contributed by atoms with van der Waals surface area (Å²) >= 11 is 0. The van der Waals surface area contributed by atoms with Crippen molar-refractivity contribution in [2.75, 3.05) is 13.7 Å². The van der Waals surface area contributed by atoms with Crippen LogP contribution in [0.3, 0.4) is 0 Å². The fraction of sp³-hybridized carbons (Fsp3) is 0.375. The van der Waals surface area contributed by atoms with Crippen LogP contribution in [0.4, 0.5) is 0 Å². The van der Waals surface area contributed by atoms with Crippen molar-refractivity contribution in [1.29, 1.82) is 0 Å². The molecular weight excluding hydrogens is 384 g/mol. The maximum Gasteiger partial charge on any atom is 0.166 e. The molecule has 0 fully saturated rings. The summed E-state index contributed by atoms with van der Waals surface area (Å²) in [5.41, 5.74) is 2.20. The second-order valence-electron chi connectivity index (χ2n) is 7.72. The smallest absolute Gasteiger partial charge is 0.166 e. The van der Waals surface area contributed by atoms with Gasteiger partial charge in [0.05, 0.1) is 38.1 Å². The van der Waals surface area contributed by atoms with Gasteiger partial charge in [-0.2, -0.15) is 0 Å². The zero-order chi connectivity index (χ0) is 21.7. The number of fused-ring (bicyclic) bond motifs is 1. The molecule has 1 aliphatic heterocycles. The van der Waals surface area contributed by atoms with Crippen molar-refractivity contribution in [3.8, 4) is 17.2 Å². The highest BCUT2D eigenvalue weighted by molar-refractivity contribution is 6.00. The minimum atomic E-state index is -0.397. The van der Waals surface area contributed by atoms with Crippen molar-refractivity contribution >= 4 is 11.9 Å². The Kier molecular flexibility index (Phi) is 6.80. The molecule has 1 heterocycles. The molecule has 1 aliphatic rings. The summed E-state index contributed by atoms with van der Waals surface area (Å²) in [4.78, 5) is 12.8. The van der Waals surface area contributed by atoms with E-state index in [0.717, 1.165) is 5.56 Å². The van der Waals surface area contributed by atoms with Crippen molar-refractivity contribution in [3.05, 3.63) is 58.7 Å². The summed E-state index contributed by atoms with van der Waals surface area (Å²) < 4.78 is 17.2. The van der Waals surface area contributed by atoms with Crippen LogP contribution in [0.15, 0.2) is 36.4 Å². The van der Waals surface area contributed by atoms with Crippen LogP contribution in [0.25, 0.3) is 6.08 Å². The highest BCUT2D eigenvalue weighted by Crippen LogP contribution is 2.39. The molecule has 160 valence electrons. The van der Waals surface area contributed by atoms with Crippen molar-refractivity contribution in [1.82, 2.24) is 0 Å². The number of Topliss-reactive ketones (excluding diaryl/α,β-unsaturated/α-hetero) is 1. The lowest BCUT2D eigenvalue weighted by Gasteiger charge is -2.29. The topological polar surface area (TPSA) is 85.2 Å². The first kappa shape index (κ1) is 21.9. The first-order valence-electron chi connectivity index (χ1n) is 9.97. The van der Waals surface area contributed by atoms with E-state index in [2.05, 4.69) is 0 Å². The highest BCUT2D eigenvalue weighted by atomic mass is 16.5. The third-order valence-corrected chi connectivity index (χ3v) is 5.02. The number of aliphatic hydroxyl groups is 2. The average Bonchev–Trinajstić information content (AvgIpc) is 2.74. The Hall–Kier alpha value is -2.83. The van der Waals surface area contributed by atoms with Gasteiger partial charge in [0.25, 0.3) is 0 Å². The summed E-state index contributed by atoms with van der Waals surface area (Å²) in [7, 11) is 1.55. The van der Waals surface area contributed by atoms with Crippen LogP contribution in [0, 0.1) is 0 Å². The maximum absolute atomic E-state index is 12.8. The first-order chi connectivity index (χ1) is 14.4. The van der Waals surface area contributed by atoms with E-state index in [1.54, 1.807) is 31.4 Å². The lowest BCUT2D eigenvalue weighted by molar-refractivity contribution is 0.0970. The van der Waals surface area contributed by atoms with Crippen LogP contribution < -0.4 is 14.2 Å². The molecule has 3 rings (SSSR count). The van der Waals surface area contributed by atoms with Crippen LogP contribution in [0.1, 0.15) is 53.7 Å².